The van der Waals surface area contributed by atoms with Gasteiger partial charge in [0.15, 0.2) is 0 Å². The molecule has 1 aliphatic carbocycles. The number of benzene rings is 2. The molecule has 16 heteroatoms. The number of hydrogen-bond donors (Lipinski definition) is 2. The van der Waals surface area contributed by atoms with E-state index in [4.69, 9.17) is 9.47 Å². The molecule has 264 valence electrons. The number of nitrogens with zero attached hydrogens (tertiary/aromatic N) is 5. The van der Waals surface area contributed by atoms with Crippen LogP contribution in [0.25, 0.3) is 0 Å². The van der Waals surface area contributed by atoms with Crippen molar-refractivity contribution >= 4 is 58.3 Å². The van der Waals surface area contributed by atoms with Gasteiger partial charge in [0.1, 0.15) is 29.9 Å². The number of pyridine rings is 1. The van der Waals surface area contributed by atoms with Crippen molar-refractivity contribution in [3.05, 3.63) is 69.9 Å². The number of piperazine rings is 1. The highest BCUT2D eigenvalue weighted by Gasteiger charge is 2.45. The lowest BCUT2D eigenvalue weighted by atomic mass is 9.92. The van der Waals surface area contributed by atoms with Gasteiger partial charge >= 0.3 is 0 Å². The molecular formula is C35H35N7O8S. The molecule has 1 aromatic heterocycles. The van der Waals surface area contributed by atoms with Crippen molar-refractivity contribution in [2.75, 3.05) is 49.5 Å². The lowest BCUT2D eigenvalue weighted by Gasteiger charge is -2.37. The first kappa shape index (κ1) is 33.1. The van der Waals surface area contributed by atoms with Crippen molar-refractivity contribution in [2.45, 2.75) is 60.1 Å². The molecule has 51 heavy (non-hydrogen) atoms. The Balaban J connectivity index is 0.747. The van der Waals surface area contributed by atoms with E-state index in [0.29, 0.717) is 22.9 Å². The molecule has 8 rings (SSSR count). The molecule has 4 amide bonds. The summed E-state index contributed by atoms with van der Waals surface area (Å²) in [4.78, 5) is 72.3. The second kappa shape index (κ2) is 13.6. The van der Waals surface area contributed by atoms with Crippen LogP contribution in [0.3, 0.4) is 0 Å². The van der Waals surface area contributed by atoms with Crippen molar-refractivity contribution in [1.82, 2.24) is 20.1 Å². The van der Waals surface area contributed by atoms with Crippen LogP contribution in [-0.4, -0.2) is 101 Å². The number of ether oxygens (including phenoxy) is 2. The molecule has 2 aromatic carbocycles. The lowest BCUT2D eigenvalue weighted by Crippen LogP contribution is -2.54. The maximum absolute atomic E-state index is 13.2. The summed E-state index contributed by atoms with van der Waals surface area (Å²) in [5, 5.41) is 16.6. The quantitative estimate of drug-likeness (QED) is 0.105. The monoisotopic (exact) mass is 713 g/mol. The first-order valence-corrected chi connectivity index (χ1v) is 17.9. The number of nitrogens with one attached hydrogen (secondary N) is 2. The minimum Gasteiger partial charge on any atom is -0.490 e. The summed E-state index contributed by atoms with van der Waals surface area (Å²) >= 11 is 1.43. The Kier molecular flexibility index (Phi) is 8.81. The fourth-order valence-corrected chi connectivity index (χ4v) is 8.10. The first-order chi connectivity index (χ1) is 24.7. The van der Waals surface area contributed by atoms with Gasteiger partial charge in [-0.25, -0.2) is 4.98 Å². The largest absolute Gasteiger partial charge is 0.490 e. The zero-order valence-corrected chi connectivity index (χ0v) is 28.4. The number of anilines is 3. The van der Waals surface area contributed by atoms with Crippen LogP contribution in [-0.2, 0) is 14.3 Å². The Morgan fingerprint density at radius 2 is 1.73 bits per heavy atom. The summed E-state index contributed by atoms with van der Waals surface area (Å²) in [6.45, 7) is 4.87. The van der Waals surface area contributed by atoms with E-state index in [1.807, 2.05) is 24.3 Å². The first-order valence-electron chi connectivity index (χ1n) is 17.0. The predicted molar refractivity (Wildman–Crippen MR) is 185 cm³/mol. The van der Waals surface area contributed by atoms with Crippen LogP contribution in [0, 0.1) is 10.1 Å². The van der Waals surface area contributed by atoms with Gasteiger partial charge in [0.25, 0.3) is 17.5 Å². The molecular weight excluding hydrogens is 678 g/mol. The zero-order chi connectivity index (χ0) is 35.2. The Bertz CT molecular complexity index is 1940. The van der Waals surface area contributed by atoms with Crippen molar-refractivity contribution in [2.24, 2.45) is 0 Å². The molecule has 3 fully saturated rings. The molecule has 0 spiro atoms. The van der Waals surface area contributed by atoms with Gasteiger partial charge in [-0.3, -0.25) is 44.4 Å². The van der Waals surface area contributed by atoms with Gasteiger partial charge in [-0.15, -0.1) is 0 Å². The summed E-state index contributed by atoms with van der Waals surface area (Å²) < 4.78 is 12.3. The van der Waals surface area contributed by atoms with Crippen LogP contribution >= 0.6 is 11.8 Å². The maximum Gasteiger partial charge on any atom is 0.288 e. The molecule has 0 radical (unpaired) electrons. The van der Waals surface area contributed by atoms with Crippen LogP contribution in [0.5, 0.6) is 5.75 Å². The number of imide groups is 2. The molecule has 3 aromatic rings. The zero-order valence-electron chi connectivity index (χ0n) is 27.5. The Morgan fingerprint density at radius 3 is 2.51 bits per heavy atom. The van der Waals surface area contributed by atoms with Crippen LogP contribution < -0.4 is 20.3 Å². The standard InChI is InChI=1S/C35H35N7O8S/c43-31-7-6-28(33(44)38-31)41-34(45)25-4-2-20(14-26(25)35(41)46)40-11-9-39(10-12-40)8-1-13-49-23-16-24(17-23)50-22-3-5-27-29(18-22)51-30-15-21(42(47)48)19-36-32(30)37-27/h2-5,14-15,18-19,23-24,28H,1,6-13,16-17H2,(H,36,37)(H,38,43,44)/t23-,24-,28?. The van der Waals surface area contributed by atoms with Crippen molar-refractivity contribution < 1.29 is 33.6 Å². The topological polar surface area (TPSA) is 177 Å². The third-order valence-corrected chi connectivity index (χ3v) is 11.1. The van der Waals surface area contributed by atoms with Gasteiger partial charge in [0.05, 0.1) is 32.7 Å². The number of carbonyl (C=O) groups excluding carboxylic acids is 4. The predicted octanol–water partition coefficient (Wildman–Crippen LogP) is 3.74. The molecule has 0 bridgehead atoms. The van der Waals surface area contributed by atoms with E-state index in [-0.39, 0.29) is 36.3 Å². The van der Waals surface area contributed by atoms with Gasteiger partial charge in [0, 0.05) is 75.2 Å². The van der Waals surface area contributed by atoms with E-state index in [0.717, 1.165) is 78.9 Å². The summed E-state index contributed by atoms with van der Waals surface area (Å²) in [5.74, 6) is -0.650. The maximum atomic E-state index is 13.2. The third kappa shape index (κ3) is 6.61. The second-order valence-electron chi connectivity index (χ2n) is 13.2. The van der Waals surface area contributed by atoms with Gasteiger partial charge in [-0.1, -0.05) is 11.8 Å². The smallest absolute Gasteiger partial charge is 0.288 e. The number of aromatic nitrogens is 1. The van der Waals surface area contributed by atoms with Crippen LogP contribution in [0.15, 0.2) is 58.5 Å². The van der Waals surface area contributed by atoms with Gasteiger partial charge < -0.3 is 19.7 Å². The van der Waals surface area contributed by atoms with Gasteiger partial charge in [0.2, 0.25) is 11.8 Å². The number of nitro groups is 1. The molecule has 2 N–H and O–H groups in total. The van der Waals surface area contributed by atoms with Crippen LogP contribution in [0.1, 0.15) is 52.8 Å². The Morgan fingerprint density at radius 1 is 0.922 bits per heavy atom. The fraction of sp³-hybridized carbons (Fsp3) is 0.400. The minimum absolute atomic E-state index is 0.0447. The molecule has 1 saturated carbocycles. The number of piperidine rings is 1. The third-order valence-electron chi connectivity index (χ3n) is 9.96. The molecule has 15 nitrogen and oxygen atoms in total. The number of carbonyl (C=O) groups is 4. The Labute approximate surface area is 296 Å². The number of fused-ring (bicyclic) bond motifs is 3. The van der Waals surface area contributed by atoms with E-state index in [1.54, 1.807) is 12.1 Å². The molecule has 2 saturated heterocycles. The van der Waals surface area contributed by atoms with Crippen molar-refractivity contribution in [1.29, 1.82) is 0 Å². The second-order valence-corrected chi connectivity index (χ2v) is 14.3. The summed E-state index contributed by atoms with van der Waals surface area (Å²) in [7, 11) is 0. The van der Waals surface area contributed by atoms with E-state index in [9.17, 15) is 29.3 Å². The van der Waals surface area contributed by atoms with Crippen molar-refractivity contribution in [3.8, 4) is 5.75 Å². The molecule has 5 heterocycles. The van der Waals surface area contributed by atoms with Gasteiger partial charge in [-0.05, 0) is 49.2 Å². The van der Waals surface area contributed by atoms with E-state index in [2.05, 4.69) is 25.4 Å². The molecule has 4 aliphatic heterocycles. The SMILES string of the molecule is O=C1CCC(N2C(=O)c3ccc(N4CCN(CCCO[C@H]5C[C@H](Oc6ccc7c(c6)Sc6cc([N+](=O)[O-])cnc6N7)C5)CC4)cc3C2=O)C(=O)N1. The van der Waals surface area contributed by atoms with Crippen LogP contribution in [0.2, 0.25) is 0 Å². The molecule has 1 unspecified atom stereocenters. The summed E-state index contributed by atoms with van der Waals surface area (Å²) in [5.41, 5.74) is 2.28. The van der Waals surface area contributed by atoms with Gasteiger partial charge in [-0.2, -0.15) is 0 Å². The average molecular weight is 714 g/mol. The Hall–Kier alpha value is -5.06. The van der Waals surface area contributed by atoms with E-state index >= 15 is 0 Å². The minimum atomic E-state index is -0.974. The summed E-state index contributed by atoms with van der Waals surface area (Å²) in [6, 6.07) is 11.6. The summed E-state index contributed by atoms with van der Waals surface area (Å²) in [6.07, 6.45) is 4.27. The number of amides is 4. The highest BCUT2D eigenvalue weighted by Crippen LogP contribution is 2.46. The fourth-order valence-electron chi connectivity index (χ4n) is 7.08. The lowest BCUT2D eigenvalue weighted by molar-refractivity contribution is -0.385. The number of hydrogen-bond acceptors (Lipinski definition) is 13. The number of rotatable bonds is 10. The van der Waals surface area contributed by atoms with Crippen molar-refractivity contribution in [3.63, 3.8) is 0 Å². The highest BCUT2D eigenvalue weighted by atomic mass is 32.2. The molecule has 1 atom stereocenters. The normalized spacial score (nSPS) is 22.8. The highest BCUT2D eigenvalue weighted by molar-refractivity contribution is 7.99. The molecule has 5 aliphatic rings. The average Bonchev–Trinajstić information content (AvgIpc) is 3.35. The van der Waals surface area contributed by atoms with E-state index in [1.165, 1.54) is 24.0 Å². The van der Waals surface area contributed by atoms with Crippen LogP contribution in [0.4, 0.5) is 22.9 Å². The van der Waals surface area contributed by atoms with E-state index < -0.39 is 34.6 Å².